The Bertz CT molecular complexity index is 364. The molecule has 1 aromatic heterocycles. The summed E-state index contributed by atoms with van der Waals surface area (Å²) in [6.45, 7) is 6.47. The van der Waals surface area contributed by atoms with Gasteiger partial charge in [0.2, 0.25) is 5.91 Å². The maximum Gasteiger partial charge on any atom is 0.224 e. The van der Waals surface area contributed by atoms with Crippen molar-refractivity contribution in [2.75, 3.05) is 13.1 Å². The SMILES string of the molecule is CC1NCCN(C(=O)CCn2ccnn2)C1C. The van der Waals surface area contributed by atoms with Crippen molar-refractivity contribution in [3.8, 4) is 0 Å². The lowest BCUT2D eigenvalue weighted by atomic mass is 10.1. The van der Waals surface area contributed by atoms with Crippen molar-refractivity contribution in [1.29, 1.82) is 0 Å². The molecule has 0 aromatic carbocycles. The van der Waals surface area contributed by atoms with Crippen LogP contribution in [0.25, 0.3) is 0 Å². The lowest BCUT2D eigenvalue weighted by Gasteiger charge is -2.38. The van der Waals surface area contributed by atoms with Gasteiger partial charge in [-0.05, 0) is 13.8 Å². The topological polar surface area (TPSA) is 63.1 Å². The molecule has 0 saturated carbocycles. The molecule has 1 saturated heterocycles. The number of amides is 1. The number of aryl methyl sites for hydroxylation is 1. The van der Waals surface area contributed by atoms with Gasteiger partial charge in [0.25, 0.3) is 0 Å². The molecule has 2 heterocycles. The summed E-state index contributed by atoms with van der Waals surface area (Å²) in [7, 11) is 0. The van der Waals surface area contributed by atoms with Gasteiger partial charge < -0.3 is 10.2 Å². The Morgan fingerprint density at radius 2 is 2.35 bits per heavy atom. The Labute approximate surface area is 101 Å². The highest BCUT2D eigenvalue weighted by Gasteiger charge is 2.27. The molecule has 1 aliphatic rings. The molecular formula is C11H19N5O. The number of carbonyl (C=O) groups excluding carboxylic acids is 1. The molecule has 1 fully saturated rings. The molecule has 0 bridgehead atoms. The summed E-state index contributed by atoms with van der Waals surface area (Å²) in [6, 6.07) is 0.617. The first-order valence-corrected chi connectivity index (χ1v) is 6.05. The third-order valence-corrected chi connectivity index (χ3v) is 3.38. The van der Waals surface area contributed by atoms with Crippen LogP contribution in [-0.2, 0) is 11.3 Å². The summed E-state index contributed by atoms with van der Waals surface area (Å²) in [5.41, 5.74) is 0. The number of nitrogens with one attached hydrogen (secondary N) is 1. The van der Waals surface area contributed by atoms with Gasteiger partial charge in [-0.1, -0.05) is 5.21 Å². The standard InChI is InChI=1S/C11H19N5O/c1-9-10(2)16(8-4-12-9)11(17)3-6-15-7-5-13-14-15/h5,7,9-10,12H,3-4,6,8H2,1-2H3. The van der Waals surface area contributed by atoms with E-state index in [1.54, 1.807) is 17.1 Å². The lowest BCUT2D eigenvalue weighted by molar-refractivity contribution is -0.135. The first-order valence-electron chi connectivity index (χ1n) is 6.05. The molecule has 2 rings (SSSR count). The zero-order valence-corrected chi connectivity index (χ0v) is 10.3. The molecule has 0 radical (unpaired) electrons. The van der Waals surface area contributed by atoms with Crippen LogP contribution >= 0.6 is 0 Å². The fourth-order valence-corrected chi connectivity index (χ4v) is 2.11. The fourth-order valence-electron chi connectivity index (χ4n) is 2.11. The van der Waals surface area contributed by atoms with Crippen LogP contribution in [0.3, 0.4) is 0 Å². The van der Waals surface area contributed by atoms with E-state index in [1.807, 2.05) is 4.90 Å². The zero-order valence-electron chi connectivity index (χ0n) is 10.3. The van der Waals surface area contributed by atoms with Crippen molar-refractivity contribution in [2.24, 2.45) is 0 Å². The maximum atomic E-state index is 12.1. The smallest absolute Gasteiger partial charge is 0.224 e. The van der Waals surface area contributed by atoms with Crippen LogP contribution in [0.5, 0.6) is 0 Å². The van der Waals surface area contributed by atoms with E-state index in [-0.39, 0.29) is 11.9 Å². The van der Waals surface area contributed by atoms with E-state index < -0.39 is 0 Å². The van der Waals surface area contributed by atoms with Gasteiger partial charge in [0.1, 0.15) is 0 Å². The van der Waals surface area contributed by atoms with Crippen molar-refractivity contribution in [2.45, 2.75) is 38.9 Å². The Hall–Kier alpha value is -1.43. The Balaban J connectivity index is 1.86. The fraction of sp³-hybridized carbons (Fsp3) is 0.727. The van der Waals surface area contributed by atoms with Crippen LogP contribution < -0.4 is 5.32 Å². The van der Waals surface area contributed by atoms with Crippen LogP contribution in [0.2, 0.25) is 0 Å². The summed E-state index contributed by atoms with van der Waals surface area (Å²) in [4.78, 5) is 14.0. The largest absolute Gasteiger partial charge is 0.337 e. The lowest BCUT2D eigenvalue weighted by Crippen LogP contribution is -2.57. The average Bonchev–Trinajstić information content (AvgIpc) is 2.82. The van der Waals surface area contributed by atoms with Crippen molar-refractivity contribution in [1.82, 2.24) is 25.2 Å². The number of rotatable bonds is 3. The Morgan fingerprint density at radius 3 is 3.06 bits per heavy atom. The van der Waals surface area contributed by atoms with E-state index in [0.29, 0.717) is 19.0 Å². The minimum atomic E-state index is 0.196. The summed E-state index contributed by atoms with van der Waals surface area (Å²) < 4.78 is 1.69. The third kappa shape index (κ3) is 2.82. The van der Waals surface area contributed by atoms with Crippen LogP contribution in [-0.4, -0.2) is 51.0 Å². The predicted octanol–water partition coefficient (Wildman–Crippen LogP) is -0.123. The molecule has 1 aliphatic heterocycles. The number of piperazine rings is 1. The summed E-state index contributed by atoms with van der Waals surface area (Å²) >= 11 is 0. The van der Waals surface area contributed by atoms with Crippen molar-refractivity contribution in [3.05, 3.63) is 12.4 Å². The van der Waals surface area contributed by atoms with Crippen LogP contribution in [0, 0.1) is 0 Å². The van der Waals surface area contributed by atoms with E-state index in [4.69, 9.17) is 0 Å². The zero-order chi connectivity index (χ0) is 12.3. The average molecular weight is 237 g/mol. The maximum absolute atomic E-state index is 12.1. The van der Waals surface area contributed by atoms with E-state index in [0.717, 1.165) is 13.1 Å². The number of nitrogens with zero attached hydrogens (tertiary/aromatic N) is 4. The van der Waals surface area contributed by atoms with E-state index in [2.05, 4.69) is 29.5 Å². The van der Waals surface area contributed by atoms with Crippen LogP contribution in [0.1, 0.15) is 20.3 Å². The predicted molar refractivity (Wildman–Crippen MR) is 63.3 cm³/mol. The molecule has 2 unspecified atom stereocenters. The van der Waals surface area contributed by atoms with Crippen LogP contribution in [0.15, 0.2) is 12.4 Å². The number of hydrogen-bond acceptors (Lipinski definition) is 4. The van der Waals surface area contributed by atoms with Gasteiger partial charge in [0.15, 0.2) is 0 Å². The highest BCUT2D eigenvalue weighted by molar-refractivity contribution is 5.76. The van der Waals surface area contributed by atoms with Gasteiger partial charge in [-0.3, -0.25) is 9.48 Å². The highest BCUT2D eigenvalue weighted by Crippen LogP contribution is 2.10. The molecule has 2 atom stereocenters. The molecular weight excluding hydrogens is 218 g/mol. The van der Waals surface area contributed by atoms with E-state index >= 15 is 0 Å². The summed E-state index contributed by atoms with van der Waals surface area (Å²) in [6.07, 6.45) is 3.89. The van der Waals surface area contributed by atoms with Gasteiger partial charge in [-0.15, -0.1) is 5.10 Å². The second-order valence-electron chi connectivity index (χ2n) is 4.49. The quantitative estimate of drug-likeness (QED) is 0.796. The number of aromatic nitrogens is 3. The van der Waals surface area contributed by atoms with E-state index in [9.17, 15) is 4.79 Å². The Morgan fingerprint density at radius 1 is 1.53 bits per heavy atom. The third-order valence-electron chi connectivity index (χ3n) is 3.38. The summed E-state index contributed by atoms with van der Waals surface area (Å²) in [5, 5.41) is 10.9. The van der Waals surface area contributed by atoms with Gasteiger partial charge in [0, 0.05) is 37.8 Å². The minimum absolute atomic E-state index is 0.196. The van der Waals surface area contributed by atoms with Gasteiger partial charge >= 0.3 is 0 Å². The van der Waals surface area contributed by atoms with Gasteiger partial charge in [-0.2, -0.15) is 0 Å². The van der Waals surface area contributed by atoms with Crippen LogP contribution in [0.4, 0.5) is 0 Å². The molecule has 0 aliphatic carbocycles. The second kappa shape index (κ2) is 5.27. The second-order valence-corrected chi connectivity index (χ2v) is 4.49. The number of carbonyl (C=O) groups is 1. The van der Waals surface area contributed by atoms with Gasteiger partial charge in [0.05, 0.1) is 12.7 Å². The summed E-state index contributed by atoms with van der Waals surface area (Å²) in [5.74, 6) is 0.196. The molecule has 1 aromatic rings. The molecule has 17 heavy (non-hydrogen) atoms. The molecule has 1 amide bonds. The highest BCUT2D eigenvalue weighted by atomic mass is 16.2. The minimum Gasteiger partial charge on any atom is -0.337 e. The first kappa shape index (κ1) is 12.0. The number of hydrogen-bond donors (Lipinski definition) is 1. The Kier molecular flexibility index (Phi) is 3.73. The van der Waals surface area contributed by atoms with Crippen molar-refractivity contribution < 1.29 is 4.79 Å². The molecule has 6 nitrogen and oxygen atoms in total. The monoisotopic (exact) mass is 237 g/mol. The van der Waals surface area contributed by atoms with E-state index in [1.165, 1.54) is 0 Å². The molecule has 6 heteroatoms. The van der Waals surface area contributed by atoms with Gasteiger partial charge in [-0.25, -0.2) is 0 Å². The first-order chi connectivity index (χ1) is 8.18. The van der Waals surface area contributed by atoms with Crippen molar-refractivity contribution >= 4 is 5.91 Å². The molecule has 94 valence electrons. The normalized spacial score (nSPS) is 24.9. The molecule has 0 spiro atoms. The molecule has 1 N–H and O–H groups in total. The van der Waals surface area contributed by atoms with Crippen molar-refractivity contribution in [3.63, 3.8) is 0 Å².